The van der Waals surface area contributed by atoms with Crippen molar-refractivity contribution in [2.24, 2.45) is 0 Å². The van der Waals surface area contributed by atoms with Gasteiger partial charge in [-0.2, -0.15) is 0 Å². The van der Waals surface area contributed by atoms with Gasteiger partial charge >= 0.3 is 0 Å². The molecular formula is C17H12F2N4O2. The van der Waals surface area contributed by atoms with Crippen molar-refractivity contribution in [2.75, 3.05) is 5.32 Å². The fraction of sp³-hybridized carbons (Fsp3) is 0.176. The minimum atomic E-state index is -1.23. The van der Waals surface area contributed by atoms with E-state index >= 15 is 0 Å². The minimum Gasteiger partial charge on any atom is -0.325 e. The Morgan fingerprint density at radius 1 is 1.20 bits per heavy atom. The van der Waals surface area contributed by atoms with Crippen molar-refractivity contribution < 1.29 is 18.4 Å². The Morgan fingerprint density at radius 3 is 2.72 bits per heavy atom. The third-order valence-electron chi connectivity index (χ3n) is 4.19. The summed E-state index contributed by atoms with van der Waals surface area (Å²) in [6, 6.07) is 6.77. The number of nitrogens with zero attached hydrogens (tertiary/aromatic N) is 3. The van der Waals surface area contributed by atoms with Gasteiger partial charge in [-0.3, -0.25) is 9.59 Å². The maximum atomic E-state index is 13.8. The Kier molecular flexibility index (Phi) is 3.52. The number of rotatable bonds is 2. The van der Waals surface area contributed by atoms with Crippen molar-refractivity contribution in [3.8, 4) is 0 Å². The molecular weight excluding hydrogens is 330 g/mol. The molecule has 0 radical (unpaired) electrons. The average molecular weight is 342 g/mol. The Morgan fingerprint density at radius 2 is 1.96 bits per heavy atom. The number of para-hydroxylation sites is 1. The molecule has 4 rings (SSSR count). The zero-order chi connectivity index (χ0) is 17.6. The SMILES string of the molecule is O=C1CCn2c(nc3ncccc32)C1C(=O)Nc1c(F)cccc1F. The van der Waals surface area contributed by atoms with Crippen molar-refractivity contribution in [1.29, 1.82) is 0 Å². The molecule has 1 atom stereocenters. The number of carbonyl (C=O) groups is 2. The lowest BCUT2D eigenvalue weighted by Gasteiger charge is -2.22. The fourth-order valence-electron chi connectivity index (χ4n) is 3.02. The van der Waals surface area contributed by atoms with Gasteiger partial charge in [0.15, 0.2) is 17.3 Å². The van der Waals surface area contributed by atoms with Gasteiger partial charge in [0, 0.05) is 19.2 Å². The number of anilines is 1. The third kappa shape index (κ3) is 2.46. The first-order valence-electron chi connectivity index (χ1n) is 7.65. The second-order valence-electron chi connectivity index (χ2n) is 5.70. The van der Waals surface area contributed by atoms with Crippen molar-refractivity contribution in [1.82, 2.24) is 14.5 Å². The molecule has 0 spiro atoms. The summed E-state index contributed by atoms with van der Waals surface area (Å²) in [5.41, 5.74) is 0.550. The summed E-state index contributed by atoms with van der Waals surface area (Å²) in [7, 11) is 0. The minimum absolute atomic E-state index is 0.130. The maximum absolute atomic E-state index is 13.8. The number of aromatic nitrogens is 3. The van der Waals surface area contributed by atoms with Crippen LogP contribution in [0, 0.1) is 11.6 Å². The molecule has 25 heavy (non-hydrogen) atoms. The van der Waals surface area contributed by atoms with E-state index in [2.05, 4.69) is 15.3 Å². The van der Waals surface area contributed by atoms with Gasteiger partial charge in [-0.1, -0.05) is 6.07 Å². The Balaban J connectivity index is 1.75. The zero-order valence-corrected chi connectivity index (χ0v) is 12.9. The van der Waals surface area contributed by atoms with E-state index in [4.69, 9.17) is 0 Å². The second kappa shape index (κ2) is 5.73. The van der Waals surface area contributed by atoms with Crippen LogP contribution in [-0.4, -0.2) is 26.2 Å². The van der Waals surface area contributed by atoms with E-state index in [-0.39, 0.29) is 18.0 Å². The van der Waals surface area contributed by atoms with Gasteiger partial charge in [0.2, 0.25) is 5.91 Å². The number of ketones is 1. The number of fused-ring (bicyclic) bond motifs is 3. The van der Waals surface area contributed by atoms with E-state index in [9.17, 15) is 18.4 Å². The van der Waals surface area contributed by atoms with Crippen LogP contribution in [0.1, 0.15) is 18.2 Å². The molecule has 0 saturated carbocycles. The average Bonchev–Trinajstić information content (AvgIpc) is 2.96. The molecule has 0 aliphatic carbocycles. The maximum Gasteiger partial charge on any atom is 0.242 e. The van der Waals surface area contributed by atoms with Gasteiger partial charge in [-0.15, -0.1) is 0 Å². The number of imidazole rings is 1. The number of aryl methyl sites for hydroxylation is 1. The number of benzene rings is 1. The number of nitrogens with one attached hydrogen (secondary N) is 1. The summed E-state index contributed by atoms with van der Waals surface area (Å²) in [6.45, 7) is 0.383. The van der Waals surface area contributed by atoms with Crippen LogP contribution in [0.2, 0.25) is 0 Å². The van der Waals surface area contributed by atoms with Crippen LogP contribution < -0.4 is 5.32 Å². The number of carbonyl (C=O) groups excluding carboxylic acids is 2. The van der Waals surface area contributed by atoms with E-state index < -0.39 is 29.1 Å². The topological polar surface area (TPSA) is 76.9 Å². The van der Waals surface area contributed by atoms with Crippen molar-refractivity contribution in [3.05, 3.63) is 54.0 Å². The number of hydrogen-bond acceptors (Lipinski definition) is 4. The molecule has 0 saturated heterocycles. The summed E-state index contributed by atoms with van der Waals surface area (Å²) < 4.78 is 29.3. The predicted octanol–water partition coefficient (Wildman–Crippen LogP) is 2.40. The molecule has 1 aliphatic heterocycles. The summed E-state index contributed by atoms with van der Waals surface area (Å²) in [5.74, 6) is -3.98. The van der Waals surface area contributed by atoms with E-state index in [1.165, 1.54) is 6.07 Å². The Hall–Kier alpha value is -3.16. The number of pyridine rings is 1. The highest BCUT2D eigenvalue weighted by atomic mass is 19.1. The normalized spacial score (nSPS) is 16.7. The molecule has 6 nitrogen and oxygen atoms in total. The summed E-state index contributed by atoms with van der Waals surface area (Å²) in [6.07, 6.45) is 1.69. The number of halogens is 2. The summed E-state index contributed by atoms with van der Waals surface area (Å²) in [4.78, 5) is 33.3. The number of Topliss-reactive ketones (excluding diaryl/α,β-unsaturated/α-hetero) is 1. The Labute approximate surface area is 140 Å². The fourth-order valence-corrected chi connectivity index (χ4v) is 3.02. The largest absolute Gasteiger partial charge is 0.325 e. The van der Waals surface area contributed by atoms with E-state index in [1.54, 1.807) is 22.9 Å². The van der Waals surface area contributed by atoms with Crippen LogP contribution in [0.15, 0.2) is 36.5 Å². The number of hydrogen-bond donors (Lipinski definition) is 1. The quantitative estimate of drug-likeness (QED) is 0.726. The zero-order valence-electron chi connectivity index (χ0n) is 12.9. The Bertz CT molecular complexity index is 995. The molecule has 8 heteroatoms. The van der Waals surface area contributed by atoms with Crippen LogP contribution in [0.3, 0.4) is 0 Å². The smallest absolute Gasteiger partial charge is 0.242 e. The van der Waals surface area contributed by atoms with Gasteiger partial charge in [0.05, 0.1) is 5.52 Å². The molecule has 0 bridgehead atoms. The predicted molar refractivity (Wildman–Crippen MR) is 84.9 cm³/mol. The van der Waals surface area contributed by atoms with E-state index in [0.29, 0.717) is 17.7 Å². The summed E-state index contributed by atoms with van der Waals surface area (Å²) >= 11 is 0. The van der Waals surface area contributed by atoms with Gasteiger partial charge in [-0.25, -0.2) is 18.7 Å². The first kappa shape index (κ1) is 15.4. The molecule has 1 N–H and O–H groups in total. The van der Waals surface area contributed by atoms with Crippen LogP contribution in [-0.2, 0) is 16.1 Å². The highest BCUT2D eigenvalue weighted by molar-refractivity contribution is 6.12. The molecule has 2 aromatic heterocycles. The van der Waals surface area contributed by atoms with Crippen LogP contribution in [0.5, 0.6) is 0 Å². The lowest BCUT2D eigenvalue weighted by molar-refractivity contribution is -0.128. The number of amides is 1. The van der Waals surface area contributed by atoms with Crippen LogP contribution in [0.25, 0.3) is 11.2 Å². The van der Waals surface area contributed by atoms with Crippen molar-refractivity contribution in [3.63, 3.8) is 0 Å². The second-order valence-corrected chi connectivity index (χ2v) is 5.70. The third-order valence-corrected chi connectivity index (χ3v) is 4.19. The molecule has 1 amide bonds. The molecule has 1 unspecified atom stereocenters. The first-order valence-corrected chi connectivity index (χ1v) is 7.65. The summed E-state index contributed by atoms with van der Waals surface area (Å²) in [5, 5.41) is 2.18. The molecule has 3 heterocycles. The lowest BCUT2D eigenvalue weighted by Crippen LogP contribution is -2.34. The van der Waals surface area contributed by atoms with Gasteiger partial charge in [-0.05, 0) is 24.3 Å². The van der Waals surface area contributed by atoms with Gasteiger partial charge in [0.25, 0.3) is 0 Å². The highest BCUT2D eigenvalue weighted by Crippen LogP contribution is 2.29. The van der Waals surface area contributed by atoms with Crippen molar-refractivity contribution in [2.45, 2.75) is 18.9 Å². The van der Waals surface area contributed by atoms with Gasteiger partial charge in [0.1, 0.15) is 23.1 Å². The van der Waals surface area contributed by atoms with Crippen LogP contribution in [0.4, 0.5) is 14.5 Å². The highest BCUT2D eigenvalue weighted by Gasteiger charge is 2.37. The van der Waals surface area contributed by atoms with Crippen molar-refractivity contribution >= 4 is 28.5 Å². The first-order chi connectivity index (χ1) is 12.1. The van der Waals surface area contributed by atoms with E-state index in [0.717, 1.165) is 12.1 Å². The monoisotopic (exact) mass is 342 g/mol. The van der Waals surface area contributed by atoms with Gasteiger partial charge < -0.3 is 9.88 Å². The standard InChI is InChI=1S/C17H12F2N4O2/c18-9-3-1-4-10(19)14(9)21-17(25)13-12(24)6-8-23-11-5-2-7-20-15(11)22-16(13)23/h1-5,7,13H,6,8H2,(H,21,25). The molecule has 0 fully saturated rings. The van der Waals surface area contributed by atoms with Crippen LogP contribution >= 0.6 is 0 Å². The molecule has 1 aliphatic rings. The molecule has 3 aromatic rings. The lowest BCUT2D eigenvalue weighted by atomic mass is 9.96. The molecule has 1 aromatic carbocycles. The van der Waals surface area contributed by atoms with E-state index in [1.807, 2.05) is 0 Å². The molecule has 126 valence electrons.